The molecule has 0 aliphatic carbocycles. The number of aromatic nitrogens is 2. The van der Waals surface area contributed by atoms with Crippen LogP contribution in [-0.2, 0) is 19.6 Å². The van der Waals surface area contributed by atoms with Crippen LogP contribution in [-0.4, -0.2) is 42.1 Å². The number of amides is 1. The molecule has 11 heteroatoms. The zero-order valence-electron chi connectivity index (χ0n) is 9.21. The van der Waals surface area contributed by atoms with Crippen LogP contribution in [0.3, 0.4) is 0 Å². The average molecular weight is 294 g/mol. The van der Waals surface area contributed by atoms with Crippen molar-refractivity contribution in [2.24, 2.45) is 0 Å². The fraction of sp³-hybridized carbons (Fsp3) is 0.429. The lowest BCUT2D eigenvalue weighted by molar-refractivity contribution is -0.136. The van der Waals surface area contributed by atoms with Gasteiger partial charge >= 0.3 is 5.97 Å². The Kier molecular flexibility index (Phi) is 4.69. The summed E-state index contributed by atoms with van der Waals surface area (Å²) >= 11 is 0.675. The molecule has 100 valence electrons. The standard InChI is InChI=1S/C7H10N4O5S2/c1-4(12)9-6-10-11-7(17-6)18(15,16)8-3-2-5(13)14/h8H,2-3H2,1H3,(H,13,14)(H,9,10,12). The van der Waals surface area contributed by atoms with E-state index in [0.717, 1.165) is 0 Å². The monoisotopic (exact) mass is 294 g/mol. The Bertz CT molecular complexity index is 552. The molecule has 0 saturated heterocycles. The topological polar surface area (TPSA) is 138 Å². The van der Waals surface area contributed by atoms with Crippen LogP contribution in [0, 0.1) is 0 Å². The highest BCUT2D eigenvalue weighted by Gasteiger charge is 2.20. The predicted octanol–water partition coefficient (Wildman–Crippen LogP) is -0.750. The Morgan fingerprint density at radius 1 is 1.39 bits per heavy atom. The maximum Gasteiger partial charge on any atom is 0.304 e. The highest BCUT2D eigenvalue weighted by molar-refractivity contribution is 7.91. The van der Waals surface area contributed by atoms with Crippen LogP contribution in [0.15, 0.2) is 4.34 Å². The number of hydrogen-bond acceptors (Lipinski definition) is 7. The van der Waals surface area contributed by atoms with Gasteiger partial charge in [-0.1, -0.05) is 11.3 Å². The summed E-state index contributed by atoms with van der Waals surface area (Å²) in [4.78, 5) is 21.0. The zero-order valence-corrected chi connectivity index (χ0v) is 10.8. The van der Waals surface area contributed by atoms with Gasteiger partial charge in [0.2, 0.25) is 15.4 Å². The molecular formula is C7H10N4O5S2. The number of carbonyl (C=O) groups is 2. The predicted molar refractivity (Wildman–Crippen MR) is 61.7 cm³/mol. The Balaban J connectivity index is 2.70. The third-order valence-electron chi connectivity index (χ3n) is 1.55. The van der Waals surface area contributed by atoms with Crippen LogP contribution >= 0.6 is 11.3 Å². The molecule has 1 rings (SSSR count). The smallest absolute Gasteiger partial charge is 0.304 e. The number of carboxylic acid groups (broad SMARTS) is 1. The summed E-state index contributed by atoms with van der Waals surface area (Å²) in [6.45, 7) is 1.01. The molecule has 0 spiro atoms. The summed E-state index contributed by atoms with van der Waals surface area (Å²) in [5.41, 5.74) is 0. The minimum Gasteiger partial charge on any atom is -0.481 e. The molecular weight excluding hydrogens is 284 g/mol. The van der Waals surface area contributed by atoms with E-state index in [1.807, 2.05) is 0 Å². The molecule has 1 aromatic rings. The Morgan fingerprint density at radius 2 is 2.06 bits per heavy atom. The number of rotatable bonds is 6. The molecule has 0 fully saturated rings. The molecule has 1 heterocycles. The Morgan fingerprint density at radius 3 is 2.61 bits per heavy atom. The van der Waals surface area contributed by atoms with Gasteiger partial charge in [0.15, 0.2) is 0 Å². The summed E-state index contributed by atoms with van der Waals surface area (Å²) in [5, 5.41) is 17.6. The molecule has 0 aromatic carbocycles. The van der Waals surface area contributed by atoms with E-state index >= 15 is 0 Å². The van der Waals surface area contributed by atoms with Crippen LogP contribution in [0.5, 0.6) is 0 Å². The quantitative estimate of drug-likeness (QED) is 0.586. The number of nitrogens with zero attached hydrogens (tertiary/aromatic N) is 2. The maximum atomic E-state index is 11.6. The first-order valence-electron chi connectivity index (χ1n) is 4.64. The van der Waals surface area contributed by atoms with Gasteiger partial charge in [-0.05, 0) is 0 Å². The van der Waals surface area contributed by atoms with Crippen LogP contribution in [0.25, 0.3) is 0 Å². The van der Waals surface area contributed by atoms with E-state index < -0.39 is 21.9 Å². The lowest BCUT2D eigenvalue weighted by atomic mass is 10.5. The van der Waals surface area contributed by atoms with Crippen LogP contribution in [0.1, 0.15) is 13.3 Å². The molecule has 9 nitrogen and oxygen atoms in total. The van der Waals surface area contributed by atoms with E-state index in [0.29, 0.717) is 11.3 Å². The van der Waals surface area contributed by atoms with Gasteiger partial charge in [0.05, 0.1) is 6.42 Å². The number of carbonyl (C=O) groups excluding carboxylic acids is 1. The van der Waals surface area contributed by atoms with E-state index in [9.17, 15) is 18.0 Å². The van der Waals surface area contributed by atoms with Crippen molar-refractivity contribution in [3.8, 4) is 0 Å². The largest absolute Gasteiger partial charge is 0.481 e. The van der Waals surface area contributed by atoms with Gasteiger partial charge < -0.3 is 10.4 Å². The van der Waals surface area contributed by atoms with E-state index in [4.69, 9.17) is 5.11 Å². The second-order valence-electron chi connectivity index (χ2n) is 3.10. The lowest BCUT2D eigenvalue weighted by Gasteiger charge is -2.00. The third-order valence-corrected chi connectivity index (χ3v) is 4.22. The molecule has 18 heavy (non-hydrogen) atoms. The van der Waals surface area contributed by atoms with Crippen molar-refractivity contribution >= 4 is 38.4 Å². The van der Waals surface area contributed by atoms with Crippen molar-refractivity contribution in [2.75, 3.05) is 11.9 Å². The van der Waals surface area contributed by atoms with Crippen LogP contribution < -0.4 is 10.0 Å². The van der Waals surface area contributed by atoms with Crippen molar-refractivity contribution in [3.05, 3.63) is 0 Å². The molecule has 0 aliphatic heterocycles. The molecule has 0 aliphatic rings. The summed E-state index contributed by atoms with van der Waals surface area (Å²) < 4.78 is 24.9. The zero-order chi connectivity index (χ0) is 13.8. The summed E-state index contributed by atoms with van der Waals surface area (Å²) in [6, 6.07) is 0. The molecule has 0 saturated carbocycles. The van der Waals surface area contributed by atoms with Crippen molar-refractivity contribution in [3.63, 3.8) is 0 Å². The first-order valence-corrected chi connectivity index (χ1v) is 6.94. The average Bonchev–Trinajstić information content (AvgIpc) is 2.64. The molecule has 1 amide bonds. The summed E-state index contributed by atoms with van der Waals surface area (Å²) in [7, 11) is -3.89. The number of nitrogens with one attached hydrogen (secondary N) is 2. The highest BCUT2D eigenvalue weighted by Crippen LogP contribution is 2.19. The van der Waals surface area contributed by atoms with Gasteiger partial charge in [0, 0.05) is 13.5 Å². The Labute approximate surface area is 106 Å². The normalized spacial score (nSPS) is 11.2. The number of anilines is 1. The van der Waals surface area contributed by atoms with Crippen LogP contribution in [0.2, 0.25) is 0 Å². The van der Waals surface area contributed by atoms with Crippen molar-refractivity contribution in [1.82, 2.24) is 14.9 Å². The van der Waals surface area contributed by atoms with Gasteiger partial charge in [-0.2, -0.15) is 0 Å². The van der Waals surface area contributed by atoms with Crippen molar-refractivity contribution in [2.45, 2.75) is 17.7 Å². The lowest BCUT2D eigenvalue weighted by Crippen LogP contribution is -2.26. The van der Waals surface area contributed by atoms with Gasteiger partial charge in [-0.15, -0.1) is 10.2 Å². The van der Waals surface area contributed by atoms with E-state index in [-0.39, 0.29) is 22.4 Å². The minimum absolute atomic E-state index is 0.0566. The molecule has 0 radical (unpaired) electrons. The van der Waals surface area contributed by atoms with E-state index in [2.05, 4.69) is 20.2 Å². The molecule has 1 aromatic heterocycles. The second-order valence-corrected chi connectivity index (χ2v) is 6.01. The fourth-order valence-electron chi connectivity index (χ4n) is 0.874. The molecule has 3 N–H and O–H groups in total. The molecule has 0 unspecified atom stereocenters. The van der Waals surface area contributed by atoms with E-state index in [1.165, 1.54) is 6.92 Å². The Hall–Kier alpha value is -1.59. The molecule has 0 atom stereocenters. The van der Waals surface area contributed by atoms with Gasteiger partial charge in [0.1, 0.15) is 0 Å². The minimum atomic E-state index is -3.89. The number of hydrogen-bond donors (Lipinski definition) is 3. The molecule has 0 bridgehead atoms. The second kappa shape index (κ2) is 5.84. The first-order chi connectivity index (χ1) is 8.31. The van der Waals surface area contributed by atoms with E-state index in [1.54, 1.807) is 0 Å². The number of sulfonamides is 1. The number of carboxylic acids is 1. The van der Waals surface area contributed by atoms with Gasteiger partial charge in [-0.3, -0.25) is 9.59 Å². The highest BCUT2D eigenvalue weighted by atomic mass is 32.2. The van der Waals surface area contributed by atoms with Gasteiger partial charge in [-0.25, -0.2) is 13.1 Å². The van der Waals surface area contributed by atoms with Crippen molar-refractivity contribution < 1.29 is 23.1 Å². The first kappa shape index (κ1) is 14.5. The SMILES string of the molecule is CC(=O)Nc1nnc(S(=O)(=O)NCCC(=O)O)s1. The van der Waals surface area contributed by atoms with Gasteiger partial charge in [0.25, 0.3) is 10.0 Å². The fourth-order valence-corrected chi connectivity index (χ4v) is 2.89. The third kappa shape index (κ3) is 4.35. The summed E-state index contributed by atoms with van der Waals surface area (Å²) in [6.07, 6.45) is -0.337. The summed E-state index contributed by atoms with van der Waals surface area (Å²) in [5.74, 6) is -1.51. The maximum absolute atomic E-state index is 11.6. The number of aliphatic carboxylic acids is 1. The van der Waals surface area contributed by atoms with Crippen molar-refractivity contribution in [1.29, 1.82) is 0 Å². The van der Waals surface area contributed by atoms with Crippen LogP contribution in [0.4, 0.5) is 5.13 Å².